The van der Waals surface area contributed by atoms with Crippen LogP contribution in [-0.4, -0.2) is 12.1 Å². The molecule has 2 atom stereocenters. The van der Waals surface area contributed by atoms with Gasteiger partial charge in [0.05, 0.1) is 11.6 Å². The number of benzene rings is 1. The molecule has 2 unspecified atom stereocenters. The molecule has 0 heterocycles. The second-order valence-corrected chi connectivity index (χ2v) is 5.81. The first kappa shape index (κ1) is 13.4. The molecule has 1 fully saturated rings. The van der Waals surface area contributed by atoms with Crippen molar-refractivity contribution in [3.05, 3.63) is 28.2 Å². The number of hydrogen-bond donors (Lipinski definition) is 2. The van der Waals surface area contributed by atoms with Crippen molar-refractivity contribution >= 4 is 21.6 Å². The van der Waals surface area contributed by atoms with Crippen LogP contribution in [0.1, 0.15) is 37.7 Å². The van der Waals surface area contributed by atoms with Gasteiger partial charge in [-0.3, -0.25) is 0 Å². The van der Waals surface area contributed by atoms with E-state index in [-0.39, 0.29) is 6.04 Å². The van der Waals surface area contributed by atoms with Crippen LogP contribution in [0.2, 0.25) is 0 Å². The van der Waals surface area contributed by atoms with Gasteiger partial charge in [-0.05, 0) is 31.0 Å². The summed E-state index contributed by atoms with van der Waals surface area (Å²) in [6, 6.07) is 8.38. The first-order valence-electron chi connectivity index (χ1n) is 6.42. The summed E-state index contributed by atoms with van der Waals surface area (Å²) in [4.78, 5) is 0. The summed E-state index contributed by atoms with van der Waals surface area (Å²) in [6.45, 7) is 0. The van der Waals surface area contributed by atoms with E-state index in [1.807, 2.05) is 18.2 Å². The molecule has 0 aliphatic heterocycles. The van der Waals surface area contributed by atoms with Crippen molar-refractivity contribution in [2.75, 3.05) is 5.32 Å². The molecule has 0 spiro atoms. The average molecular weight is 308 g/mol. The van der Waals surface area contributed by atoms with Gasteiger partial charge in [0.15, 0.2) is 0 Å². The van der Waals surface area contributed by atoms with E-state index in [0.717, 1.165) is 23.0 Å². The van der Waals surface area contributed by atoms with Gasteiger partial charge in [-0.15, -0.1) is 0 Å². The molecule has 1 aliphatic rings. The summed E-state index contributed by atoms with van der Waals surface area (Å²) in [6.07, 6.45) is 5.91. The molecule has 1 aromatic rings. The van der Waals surface area contributed by atoms with Gasteiger partial charge in [-0.2, -0.15) is 5.26 Å². The Hall–Kier alpha value is -1.05. The van der Waals surface area contributed by atoms with Crippen LogP contribution in [0.25, 0.3) is 0 Å². The lowest BCUT2D eigenvalue weighted by Gasteiger charge is -2.24. The van der Waals surface area contributed by atoms with Gasteiger partial charge < -0.3 is 11.1 Å². The molecule has 2 rings (SSSR count). The number of nitrogens with zero attached hydrogens (tertiary/aromatic N) is 1. The van der Waals surface area contributed by atoms with E-state index in [4.69, 9.17) is 11.0 Å². The Kier molecular flexibility index (Phi) is 4.62. The molecule has 0 amide bonds. The Morgan fingerprint density at radius 3 is 2.78 bits per heavy atom. The summed E-state index contributed by atoms with van der Waals surface area (Å²) in [5.74, 6) is 0. The molecule has 3 N–H and O–H groups in total. The minimum atomic E-state index is 0.206. The van der Waals surface area contributed by atoms with E-state index in [2.05, 4.69) is 27.3 Å². The Balaban J connectivity index is 2.12. The lowest BCUT2D eigenvalue weighted by atomic mass is 10.0. The number of halogens is 1. The van der Waals surface area contributed by atoms with Crippen LogP contribution in [0, 0.1) is 11.3 Å². The quantitative estimate of drug-likeness (QED) is 0.823. The van der Waals surface area contributed by atoms with Gasteiger partial charge in [0.1, 0.15) is 0 Å². The Morgan fingerprint density at radius 2 is 2.00 bits per heavy atom. The number of nitrogens with two attached hydrogens (primary N) is 1. The van der Waals surface area contributed by atoms with Crippen molar-refractivity contribution in [2.24, 2.45) is 5.73 Å². The van der Waals surface area contributed by atoms with Crippen molar-refractivity contribution in [2.45, 2.75) is 44.2 Å². The van der Waals surface area contributed by atoms with Crippen LogP contribution in [0.3, 0.4) is 0 Å². The number of rotatable bonds is 2. The van der Waals surface area contributed by atoms with Gasteiger partial charge in [0, 0.05) is 22.2 Å². The van der Waals surface area contributed by atoms with Crippen molar-refractivity contribution < 1.29 is 0 Å². The molecule has 18 heavy (non-hydrogen) atoms. The molecular weight excluding hydrogens is 290 g/mol. The molecule has 4 heteroatoms. The zero-order valence-electron chi connectivity index (χ0n) is 10.3. The molecule has 0 bridgehead atoms. The van der Waals surface area contributed by atoms with E-state index >= 15 is 0 Å². The minimum absolute atomic E-state index is 0.206. The molecule has 1 aliphatic carbocycles. The second-order valence-electron chi connectivity index (χ2n) is 4.89. The monoisotopic (exact) mass is 307 g/mol. The molecule has 0 aromatic heterocycles. The first-order chi connectivity index (χ1) is 8.69. The van der Waals surface area contributed by atoms with Crippen molar-refractivity contribution in [3.63, 3.8) is 0 Å². The van der Waals surface area contributed by atoms with E-state index in [1.54, 1.807) is 0 Å². The number of nitriles is 1. The average Bonchev–Trinajstić information content (AvgIpc) is 2.54. The van der Waals surface area contributed by atoms with E-state index in [0.29, 0.717) is 11.6 Å². The third-order valence-corrected chi connectivity index (χ3v) is 3.91. The first-order valence-corrected chi connectivity index (χ1v) is 7.21. The van der Waals surface area contributed by atoms with Gasteiger partial charge in [-0.1, -0.05) is 35.2 Å². The third-order valence-electron chi connectivity index (χ3n) is 3.45. The van der Waals surface area contributed by atoms with E-state index < -0.39 is 0 Å². The molecule has 1 aromatic carbocycles. The molecule has 0 radical (unpaired) electrons. The summed E-state index contributed by atoms with van der Waals surface area (Å²) in [7, 11) is 0. The van der Waals surface area contributed by atoms with Crippen molar-refractivity contribution in [1.29, 1.82) is 5.26 Å². The zero-order chi connectivity index (χ0) is 13.0. The smallest absolute Gasteiger partial charge is 0.0992 e. The highest BCUT2D eigenvalue weighted by Crippen LogP contribution is 2.24. The lowest BCUT2D eigenvalue weighted by molar-refractivity contribution is 0.528. The SMILES string of the molecule is N#Cc1cc(Br)cc(NC2CCCCCC2N)c1. The van der Waals surface area contributed by atoms with Crippen LogP contribution < -0.4 is 11.1 Å². The predicted molar refractivity (Wildman–Crippen MR) is 77.3 cm³/mol. The fraction of sp³-hybridized carbons (Fsp3) is 0.500. The van der Waals surface area contributed by atoms with Gasteiger partial charge in [-0.25, -0.2) is 0 Å². The fourth-order valence-electron chi connectivity index (χ4n) is 2.47. The molecular formula is C14H18BrN3. The zero-order valence-corrected chi connectivity index (χ0v) is 11.9. The van der Waals surface area contributed by atoms with Gasteiger partial charge >= 0.3 is 0 Å². The van der Waals surface area contributed by atoms with Crippen LogP contribution in [0.5, 0.6) is 0 Å². The molecule has 1 saturated carbocycles. The highest BCUT2D eigenvalue weighted by molar-refractivity contribution is 9.10. The fourth-order valence-corrected chi connectivity index (χ4v) is 2.96. The minimum Gasteiger partial charge on any atom is -0.381 e. The standard InChI is InChI=1S/C14H18BrN3/c15-11-6-10(9-16)7-12(8-11)18-14-5-3-1-2-4-13(14)17/h6-8,13-14,18H,1-5,17H2. The highest BCUT2D eigenvalue weighted by Gasteiger charge is 2.20. The number of hydrogen-bond acceptors (Lipinski definition) is 3. The van der Waals surface area contributed by atoms with E-state index in [9.17, 15) is 0 Å². The highest BCUT2D eigenvalue weighted by atomic mass is 79.9. The van der Waals surface area contributed by atoms with Crippen LogP contribution in [-0.2, 0) is 0 Å². The van der Waals surface area contributed by atoms with Gasteiger partial charge in [0.2, 0.25) is 0 Å². The van der Waals surface area contributed by atoms with Crippen LogP contribution in [0.4, 0.5) is 5.69 Å². The van der Waals surface area contributed by atoms with Gasteiger partial charge in [0.25, 0.3) is 0 Å². The summed E-state index contributed by atoms with van der Waals surface area (Å²) < 4.78 is 0.922. The molecule has 96 valence electrons. The molecule has 3 nitrogen and oxygen atoms in total. The van der Waals surface area contributed by atoms with E-state index in [1.165, 1.54) is 19.3 Å². The number of nitrogens with one attached hydrogen (secondary N) is 1. The van der Waals surface area contributed by atoms with Crippen molar-refractivity contribution in [3.8, 4) is 6.07 Å². The number of anilines is 1. The summed E-state index contributed by atoms with van der Waals surface area (Å²) in [5.41, 5.74) is 7.83. The summed E-state index contributed by atoms with van der Waals surface area (Å²) >= 11 is 3.43. The van der Waals surface area contributed by atoms with Crippen LogP contribution in [0.15, 0.2) is 22.7 Å². The summed E-state index contributed by atoms with van der Waals surface area (Å²) in [5, 5.41) is 12.4. The Morgan fingerprint density at radius 1 is 1.22 bits per heavy atom. The Labute approximate surface area is 116 Å². The largest absolute Gasteiger partial charge is 0.381 e. The second kappa shape index (κ2) is 6.21. The lowest BCUT2D eigenvalue weighted by Crippen LogP contribution is -2.39. The maximum Gasteiger partial charge on any atom is 0.0992 e. The maximum atomic E-state index is 8.97. The van der Waals surface area contributed by atoms with Crippen molar-refractivity contribution in [1.82, 2.24) is 0 Å². The maximum absolute atomic E-state index is 8.97. The molecule has 0 saturated heterocycles. The normalized spacial score (nSPS) is 24.1. The topological polar surface area (TPSA) is 61.8 Å². The predicted octanol–water partition coefficient (Wildman–Crippen LogP) is 3.39. The Bertz CT molecular complexity index is 453. The van der Waals surface area contributed by atoms with Crippen LogP contribution >= 0.6 is 15.9 Å². The third kappa shape index (κ3) is 3.47.